The Kier molecular flexibility index (Phi) is 5.93. The molecule has 0 saturated carbocycles. The molecule has 1 aromatic heterocycles. The summed E-state index contributed by atoms with van der Waals surface area (Å²) in [5.74, 6) is -0.529. The first kappa shape index (κ1) is 18.5. The van der Waals surface area contributed by atoms with E-state index in [0.717, 1.165) is 30.6 Å². The van der Waals surface area contributed by atoms with E-state index < -0.39 is 11.5 Å². The van der Waals surface area contributed by atoms with Crippen LogP contribution >= 0.6 is 11.6 Å². The van der Waals surface area contributed by atoms with Crippen LogP contribution in [0.25, 0.3) is 5.69 Å². The Bertz CT molecular complexity index is 842. The maximum absolute atomic E-state index is 12.8. The Balaban J connectivity index is 2.01. The van der Waals surface area contributed by atoms with Crippen molar-refractivity contribution in [1.29, 1.82) is 0 Å². The van der Waals surface area contributed by atoms with Gasteiger partial charge in [0.1, 0.15) is 5.02 Å². The third kappa shape index (κ3) is 3.75. The third-order valence-electron chi connectivity index (χ3n) is 4.63. The van der Waals surface area contributed by atoms with E-state index in [4.69, 9.17) is 16.3 Å². The minimum Gasteiger partial charge on any atom is -0.465 e. The monoisotopic (exact) mass is 375 g/mol. The number of hydrogen-bond donors (Lipinski definition) is 0. The number of esters is 1. The first-order valence-corrected chi connectivity index (χ1v) is 9.22. The molecule has 2 aromatic rings. The number of anilines is 1. The molecule has 0 bridgehead atoms. The minimum absolute atomic E-state index is 0.125. The van der Waals surface area contributed by atoms with Gasteiger partial charge in [0.25, 0.3) is 5.56 Å². The average Bonchev–Trinajstić information content (AvgIpc) is 2.64. The Morgan fingerprint density at radius 3 is 2.42 bits per heavy atom. The van der Waals surface area contributed by atoms with E-state index in [1.165, 1.54) is 26.4 Å². The summed E-state index contributed by atoms with van der Waals surface area (Å²) in [6, 6.07) is 6.68. The number of carbonyl (C=O) groups is 1. The zero-order chi connectivity index (χ0) is 18.5. The number of ether oxygens (including phenoxy) is 1. The number of nitrogens with zero attached hydrogens (tertiary/aromatic N) is 3. The van der Waals surface area contributed by atoms with Crippen molar-refractivity contribution in [2.45, 2.75) is 32.1 Å². The van der Waals surface area contributed by atoms with Crippen molar-refractivity contribution in [1.82, 2.24) is 9.78 Å². The van der Waals surface area contributed by atoms with Gasteiger partial charge in [-0.05, 0) is 25.0 Å². The predicted molar refractivity (Wildman–Crippen MR) is 101 cm³/mol. The summed E-state index contributed by atoms with van der Waals surface area (Å²) in [5.41, 5.74) is 0.832. The lowest BCUT2D eigenvalue weighted by Gasteiger charge is -2.27. The van der Waals surface area contributed by atoms with Crippen molar-refractivity contribution >= 4 is 23.3 Å². The molecule has 0 radical (unpaired) electrons. The molecular weight excluding hydrogens is 354 g/mol. The highest BCUT2D eigenvalue weighted by Crippen LogP contribution is 2.25. The summed E-state index contributed by atoms with van der Waals surface area (Å²) in [6.45, 7) is 1.73. The molecule has 0 aliphatic carbocycles. The SMILES string of the molecule is COC(=O)c1ccccc1-n1ncc(N2CCCCCCC2)c(Cl)c1=O. The molecule has 26 heavy (non-hydrogen) atoms. The minimum atomic E-state index is -0.529. The fourth-order valence-electron chi connectivity index (χ4n) is 3.25. The van der Waals surface area contributed by atoms with Gasteiger partial charge in [-0.25, -0.2) is 4.79 Å². The van der Waals surface area contributed by atoms with Gasteiger partial charge in [0, 0.05) is 13.1 Å². The molecule has 7 heteroatoms. The first-order valence-electron chi connectivity index (χ1n) is 8.84. The lowest BCUT2D eigenvalue weighted by molar-refractivity contribution is 0.0600. The molecular formula is C19H22ClN3O3. The molecule has 0 amide bonds. The van der Waals surface area contributed by atoms with Crippen molar-refractivity contribution in [2.75, 3.05) is 25.1 Å². The van der Waals surface area contributed by atoms with Gasteiger partial charge in [-0.15, -0.1) is 0 Å². The number of benzene rings is 1. The van der Waals surface area contributed by atoms with Crippen LogP contribution in [-0.4, -0.2) is 35.9 Å². The molecule has 138 valence electrons. The normalized spacial score (nSPS) is 15.2. The van der Waals surface area contributed by atoms with E-state index in [9.17, 15) is 9.59 Å². The van der Waals surface area contributed by atoms with E-state index in [2.05, 4.69) is 10.00 Å². The molecule has 2 heterocycles. The lowest BCUT2D eigenvalue weighted by atomic mass is 10.1. The highest BCUT2D eigenvalue weighted by atomic mass is 35.5. The number of halogens is 1. The molecule has 3 rings (SSSR count). The van der Waals surface area contributed by atoms with E-state index in [1.807, 2.05) is 0 Å². The van der Waals surface area contributed by atoms with Crippen LogP contribution in [0.5, 0.6) is 0 Å². The lowest BCUT2D eigenvalue weighted by Crippen LogP contribution is -2.31. The van der Waals surface area contributed by atoms with E-state index in [0.29, 0.717) is 11.4 Å². The summed E-state index contributed by atoms with van der Waals surface area (Å²) >= 11 is 6.41. The smallest absolute Gasteiger partial charge is 0.340 e. The second-order valence-electron chi connectivity index (χ2n) is 6.32. The maximum Gasteiger partial charge on any atom is 0.340 e. The van der Waals surface area contributed by atoms with Crippen LogP contribution in [-0.2, 0) is 4.74 Å². The topological polar surface area (TPSA) is 64.4 Å². The number of methoxy groups -OCH3 is 1. The summed E-state index contributed by atoms with van der Waals surface area (Å²) in [5, 5.41) is 4.41. The fourth-order valence-corrected chi connectivity index (χ4v) is 3.49. The van der Waals surface area contributed by atoms with E-state index in [1.54, 1.807) is 30.5 Å². The average molecular weight is 376 g/mol. The van der Waals surface area contributed by atoms with Crippen molar-refractivity contribution in [3.8, 4) is 5.69 Å². The van der Waals surface area contributed by atoms with Gasteiger partial charge in [0.2, 0.25) is 0 Å². The molecule has 0 N–H and O–H groups in total. The van der Waals surface area contributed by atoms with Crippen molar-refractivity contribution in [3.63, 3.8) is 0 Å². The van der Waals surface area contributed by atoms with Gasteiger partial charge in [0.05, 0.1) is 30.2 Å². The van der Waals surface area contributed by atoms with Crippen LogP contribution < -0.4 is 10.5 Å². The molecule has 1 fully saturated rings. The van der Waals surface area contributed by atoms with Crippen LogP contribution in [0.4, 0.5) is 5.69 Å². The van der Waals surface area contributed by atoms with Crippen LogP contribution in [0.3, 0.4) is 0 Å². The predicted octanol–water partition coefficient (Wildman–Crippen LogP) is 3.44. The van der Waals surface area contributed by atoms with Gasteiger partial charge in [-0.3, -0.25) is 4.79 Å². The van der Waals surface area contributed by atoms with E-state index >= 15 is 0 Å². The Morgan fingerprint density at radius 1 is 1.08 bits per heavy atom. The molecule has 6 nitrogen and oxygen atoms in total. The van der Waals surface area contributed by atoms with Crippen LogP contribution in [0.2, 0.25) is 5.02 Å². The van der Waals surface area contributed by atoms with Gasteiger partial charge >= 0.3 is 5.97 Å². The summed E-state index contributed by atoms with van der Waals surface area (Å²) in [4.78, 5) is 27.0. The van der Waals surface area contributed by atoms with Gasteiger partial charge in [0.15, 0.2) is 0 Å². The van der Waals surface area contributed by atoms with Crippen molar-refractivity contribution in [3.05, 3.63) is 51.4 Å². The zero-order valence-corrected chi connectivity index (χ0v) is 15.5. The van der Waals surface area contributed by atoms with Crippen LogP contribution in [0, 0.1) is 0 Å². The Morgan fingerprint density at radius 2 is 1.73 bits per heavy atom. The Labute approximate surface area is 157 Å². The number of aromatic nitrogens is 2. The third-order valence-corrected chi connectivity index (χ3v) is 4.99. The molecule has 0 unspecified atom stereocenters. The van der Waals surface area contributed by atoms with Gasteiger partial charge in [-0.1, -0.05) is 43.0 Å². The number of carbonyl (C=O) groups excluding carboxylic acids is 1. The quantitative estimate of drug-likeness (QED) is 0.769. The second kappa shape index (κ2) is 8.36. The largest absolute Gasteiger partial charge is 0.465 e. The molecule has 1 saturated heterocycles. The summed E-state index contributed by atoms with van der Waals surface area (Å²) in [6.07, 6.45) is 7.39. The number of rotatable bonds is 3. The molecule has 1 aromatic carbocycles. The van der Waals surface area contributed by atoms with Crippen LogP contribution in [0.1, 0.15) is 42.5 Å². The van der Waals surface area contributed by atoms with Crippen molar-refractivity contribution < 1.29 is 9.53 Å². The maximum atomic E-state index is 12.8. The molecule has 1 aliphatic heterocycles. The number of hydrogen-bond acceptors (Lipinski definition) is 5. The first-order chi connectivity index (χ1) is 12.6. The fraction of sp³-hybridized carbons (Fsp3) is 0.421. The molecule has 1 aliphatic rings. The van der Waals surface area contributed by atoms with E-state index in [-0.39, 0.29) is 10.6 Å². The van der Waals surface area contributed by atoms with Crippen LogP contribution in [0.15, 0.2) is 35.3 Å². The van der Waals surface area contributed by atoms with Gasteiger partial charge < -0.3 is 9.64 Å². The zero-order valence-electron chi connectivity index (χ0n) is 14.8. The standard InChI is InChI=1S/C19H22ClN3O3/c1-26-19(25)14-9-5-6-10-15(14)23-18(24)17(20)16(13-21-23)22-11-7-3-2-4-8-12-22/h5-6,9-10,13H,2-4,7-8,11-12H2,1H3. The molecule has 0 atom stereocenters. The highest BCUT2D eigenvalue weighted by Gasteiger charge is 2.20. The van der Waals surface area contributed by atoms with Gasteiger partial charge in [-0.2, -0.15) is 9.78 Å². The van der Waals surface area contributed by atoms with Crippen molar-refractivity contribution in [2.24, 2.45) is 0 Å². The number of para-hydroxylation sites is 1. The summed E-state index contributed by atoms with van der Waals surface area (Å²) in [7, 11) is 1.30. The second-order valence-corrected chi connectivity index (χ2v) is 6.70. The molecule has 0 spiro atoms. The highest BCUT2D eigenvalue weighted by molar-refractivity contribution is 6.33. The summed E-state index contributed by atoms with van der Waals surface area (Å²) < 4.78 is 5.94. The Hall–Kier alpha value is -2.34.